The van der Waals surface area contributed by atoms with Crippen LogP contribution < -0.4 is 16.3 Å². The summed E-state index contributed by atoms with van der Waals surface area (Å²) in [5.41, 5.74) is 4.80. The zero-order chi connectivity index (χ0) is 29.2. The number of aromatic amines is 1. The number of carbonyl (C=O) groups excluding carboxylic acids is 1. The fourth-order valence-corrected chi connectivity index (χ4v) is 4.69. The van der Waals surface area contributed by atoms with E-state index in [2.05, 4.69) is 19.6 Å². The van der Waals surface area contributed by atoms with Crippen LogP contribution in [0.15, 0.2) is 89.7 Å². The third-order valence-corrected chi connectivity index (χ3v) is 6.62. The monoisotopic (exact) mass is 592 g/mol. The number of aryl methyl sites for hydroxylation is 1. The number of hydrogen-bond donors (Lipinski definition) is 1. The molecule has 0 amide bonds. The molecule has 0 bridgehead atoms. The zero-order valence-corrected chi connectivity index (χ0v) is 22.6. The molecule has 3 aromatic heterocycles. The van der Waals surface area contributed by atoms with Gasteiger partial charge in [-0.25, -0.2) is 14.4 Å². The number of ether oxygens (including phenoxy) is 2. The zero-order valence-electron chi connectivity index (χ0n) is 22.6. The molecule has 0 unspecified atom stereocenters. The Labute approximate surface area is 265 Å². The van der Waals surface area contributed by atoms with E-state index in [0.717, 1.165) is 22.3 Å². The van der Waals surface area contributed by atoms with Gasteiger partial charge in [-0.15, -0.1) is 0 Å². The van der Waals surface area contributed by atoms with Gasteiger partial charge in [-0.05, 0) is 42.7 Å². The number of H-pyrrole nitrogens is 1. The number of fused-ring (bicyclic) bond motifs is 1. The van der Waals surface area contributed by atoms with Crippen LogP contribution in [0, 0.1) is 6.92 Å². The third-order valence-electron chi connectivity index (χ3n) is 6.62. The minimum atomic E-state index is -0.859. The Balaban J connectivity index is 0.00000368. The third kappa shape index (κ3) is 6.12. The maximum atomic E-state index is 13.2. The van der Waals surface area contributed by atoms with E-state index in [-0.39, 0.29) is 53.2 Å². The molecule has 0 atom stereocenters. The van der Waals surface area contributed by atoms with Crippen LogP contribution in [-0.2, 0) is 17.9 Å². The molecule has 0 saturated carbocycles. The molecule has 0 spiro atoms. The molecule has 214 valence electrons. The quantitative estimate of drug-likeness (QED) is 0.192. The number of para-hydroxylation sites is 1. The molecular formula is C30H25N4NaO8. The van der Waals surface area contributed by atoms with Crippen LogP contribution in [0.2, 0.25) is 0 Å². The number of benzene rings is 3. The Bertz CT molecular complexity index is 2020. The molecule has 6 aromatic rings. The number of hydrogen-bond acceptors (Lipinski definition) is 10. The van der Waals surface area contributed by atoms with Crippen LogP contribution in [0.5, 0.6) is 6.01 Å². The van der Waals surface area contributed by atoms with Gasteiger partial charge in [0.1, 0.15) is 0 Å². The SMILES string of the molecule is CCOc1nc2cccc(C(=O)OCc3oc(=O)oc3C)c2n1Cc1ccc(-c2ccccc2-c2noc(=O)[nH]2)cc1.[NaH]. The second kappa shape index (κ2) is 12.7. The van der Waals surface area contributed by atoms with E-state index in [4.69, 9.17) is 18.3 Å². The van der Waals surface area contributed by atoms with Crippen molar-refractivity contribution >= 4 is 46.6 Å². The van der Waals surface area contributed by atoms with E-state index in [1.165, 1.54) is 0 Å². The molecule has 0 aliphatic rings. The first-order chi connectivity index (χ1) is 20.4. The second-order valence-electron chi connectivity index (χ2n) is 9.28. The molecule has 6 rings (SSSR count). The van der Waals surface area contributed by atoms with Crippen LogP contribution in [0.1, 0.15) is 34.4 Å². The number of carbonyl (C=O) groups is 1. The normalized spacial score (nSPS) is 10.9. The Hall–Kier alpha value is -4.65. The van der Waals surface area contributed by atoms with Crippen LogP contribution in [-0.4, -0.2) is 61.8 Å². The molecule has 0 saturated heterocycles. The Kier molecular flexibility index (Phi) is 8.81. The number of esters is 1. The standard InChI is InChI=1S/C30H24N4O8.Na.H/c1-3-38-28-31-23-10-6-9-22(27(35)39-16-24-17(2)40-30(37)41-24)25(23)34(28)15-18-11-13-19(14-12-18)20-7-4-5-8-21(20)26-32-29(36)42-33-26;;/h4-14H,3,15-16H2,1-2H3,(H,32,33,36);;. The van der Waals surface area contributed by atoms with E-state index in [1.54, 1.807) is 25.1 Å². The number of nitrogens with one attached hydrogen (secondary N) is 1. The topological polar surface area (TPSA) is 156 Å². The van der Waals surface area contributed by atoms with Gasteiger partial charge < -0.3 is 18.3 Å². The Morgan fingerprint density at radius 2 is 1.74 bits per heavy atom. The summed E-state index contributed by atoms with van der Waals surface area (Å²) in [7, 11) is 0. The van der Waals surface area contributed by atoms with Crippen molar-refractivity contribution in [3.8, 4) is 28.5 Å². The van der Waals surface area contributed by atoms with Crippen molar-refractivity contribution < 1.29 is 27.6 Å². The summed E-state index contributed by atoms with van der Waals surface area (Å²) in [4.78, 5) is 43.2. The summed E-state index contributed by atoms with van der Waals surface area (Å²) < 4.78 is 27.6. The van der Waals surface area contributed by atoms with Crippen molar-refractivity contribution in [1.29, 1.82) is 0 Å². The van der Waals surface area contributed by atoms with Crippen molar-refractivity contribution in [2.75, 3.05) is 6.61 Å². The molecule has 0 aliphatic carbocycles. The molecule has 43 heavy (non-hydrogen) atoms. The van der Waals surface area contributed by atoms with Crippen LogP contribution in [0.4, 0.5) is 0 Å². The van der Waals surface area contributed by atoms with Gasteiger partial charge >= 0.3 is 47.1 Å². The Morgan fingerprint density at radius 1 is 0.977 bits per heavy atom. The number of aromatic nitrogens is 4. The van der Waals surface area contributed by atoms with Gasteiger partial charge in [0.2, 0.25) is 0 Å². The molecule has 12 nitrogen and oxygen atoms in total. The van der Waals surface area contributed by atoms with Gasteiger partial charge in [0.25, 0.3) is 6.01 Å². The van der Waals surface area contributed by atoms with Gasteiger partial charge in [-0.3, -0.25) is 14.1 Å². The van der Waals surface area contributed by atoms with Crippen molar-refractivity contribution in [3.05, 3.63) is 111 Å². The average molecular weight is 593 g/mol. The average Bonchev–Trinajstić information content (AvgIpc) is 3.68. The molecule has 1 N–H and O–H groups in total. The van der Waals surface area contributed by atoms with E-state index in [0.29, 0.717) is 36.0 Å². The molecule has 0 radical (unpaired) electrons. The molecule has 3 aromatic carbocycles. The van der Waals surface area contributed by atoms with Crippen LogP contribution >= 0.6 is 0 Å². The van der Waals surface area contributed by atoms with Gasteiger partial charge in [0.15, 0.2) is 24.0 Å². The van der Waals surface area contributed by atoms with Gasteiger partial charge in [-0.1, -0.05) is 59.8 Å². The van der Waals surface area contributed by atoms with Gasteiger partial charge in [-0.2, -0.15) is 4.98 Å². The van der Waals surface area contributed by atoms with E-state index >= 15 is 0 Å². The van der Waals surface area contributed by atoms with Crippen LogP contribution in [0.25, 0.3) is 33.5 Å². The van der Waals surface area contributed by atoms with E-state index in [9.17, 15) is 14.4 Å². The summed E-state index contributed by atoms with van der Waals surface area (Å²) in [6.45, 7) is 3.88. The maximum absolute atomic E-state index is 13.2. The van der Waals surface area contributed by atoms with E-state index in [1.807, 2.05) is 60.0 Å². The summed E-state index contributed by atoms with van der Waals surface area (Å²) >= 11 is 0. The molecule has 0 aliphatic heterocycles. The number of nitrogens with zero attached hydrogens (tertiary/aromatic N) is 3. The summed E-state index contributed by atoms with van der Waals surface area (Å²) in [6.07, 6.45) is 0. The summed E-state index contributed by atoms with van der Waals surface area (Å²) in [5.74, 6) is -1.38. The van der Waals surface area contributed by atoms with Crippen molar-refractivity contribution in [1.82, 2.24) is 19.7 Å². The summed E-state index contributed by atoms with van der Waals surface area (Å²) in [6, 6.07) is 20.9. The van der Waals surface area contributed by atoms with Crippen molar-refractivity contribution in [3.63, 3.8) is 0 Å². The molecule has 0 fully saturated rings. The van der Waals surface area contributed by atoms with E-state index < -0.39 is 17.5 Å². The van der Waals surface area contributed by atoms with Gasteiger partial charge in [0.05, 0.1) is 29.7 Å². The Morgan fingerprint density at radius 3 is 2.42 bits per heavy atom. The predicted molar refractivity (Wildman–Crippen MR) is 156 cm³/mol. The minimum absolute atomic E-state index is 0. The first kappa shape index (κ1) is 29.8. The number of rotatable bonds is 9. The molecular weight excluding hydrogens is 567 g/mol. The molecule has 13 heteroatoms. The van der Waals surface area contributed by atoms with Gasteiger partial charge in [0, 0.05) is 5.56 Å². The predicted octanol–water partition coefficient (Wildman–Crippen LogP) is 4.06. The van der Waals surface area contributed by atoms with Crippen LogP contribution in [0.3, 0.4) is 0 Å². The molecule has 3 heterocycles. The van der Waals surface area contributed by atoms with Crippen molar-refractivity contribution in [2.24, 2.45) is 0 Å². The number of imidazole rings is 1. The summed E-state index contributed by atoms with van der Waals surface area (Å²) in [5, 5.41) is 3.83. The second-order valence-corrected chi connectivity index (χ2v) is 9.28. The first-order valence-electron chi connectivity index (χ1n) is 13.0. The van der Waals surface area contributed by atoms with Crippen molar-refractivity contribution in [2.45, 2.75) is 27.0 Å². The fourth-order valence-electron chi connectivity index (χ4n) is 4.69. The fraction of sp³-hybridized carbons (Fsp3) is 0.167. The first-order valence-corrected chi connectivity index (χ1v) is 13.0.